The quantitative estimate of drug-likeness (QED) is 0.570. The molecule has 0 aliphatic carbocycles. The number of thiophene rings is 1. The molecule has 0 bridgehead atoms. The Bertz CT molecular complexity index is 305. The monoisotopic (exact) mass is 190 g/mol. The number of aliphatic carboxylic acids is 1. The lowest BCUT2D eigenvalue weighted by molar-refractivity contribution is -0.131. The van der Waals surface area contributed by atoms with Gasteiger partial charge in [-0.2, -0.15) is 0 Å². The zero-order chi connectivity index (χ0) is 8.43. The number of halogens is 1. The number of carboxylic acid groups (broad SMARTS) is 1. The number of Topliss-reactive ketones (excluding diaryl/α,β-unsaturated/α-hetero) is 1. The number of hydrogen-bond donors (Lipinski definition) is 1. The highest BCUT2D eigenvalue weighted by Crippen LogP contribution is 2.22. The number of hydrogen-bond acceptors (Lipinski definition) is 3. The molecule has 11 heavy (non-hydrogen) atoms. The van der Waals surface area contributed by atoms with Crippen molar-refractivity contribution in [3.8, 4) is 0 Å². The van der Waals surface area contributed by atoms with Gasteiger partial charge in [-0.25, -0.2) is 4.79 Å². The van der Waals surface area contributed by atoms with E-state index in [-0.39, 0.29) is 9.90 Å². The number of carbonyl (C=O) groups excluding carboxylic acids is 1. The van der Waals surface area contributed by atoms with Crippen LogP contribution in [0.15, 0.2) is 11.4 Å². The third-order valence-corrected chi connectivity index (χ3v) is 2.36. The molecule has 0 spiro atoms. The predicted octanol–water partition coefficient (Wildman–Crippen LogP) is 1.67. The number of ketones is 1. The number of rotatable bonds is 2. The van der Waals surface area contributed by atoms with Gasteiger partial charge < -0.3 is 5.11 Å². The molecular weight excluding hydrogens is 188 g/mol. The smallest absolute Gasteiger partial charge is 0.378 e. The molecule has 1 N–H and O–H groups in total. The molecule has 0 atom stereocenters. The first-order valence-electron chi connectivity index (χ1n) is 2.63. The average molecular weight is 191 g/mol. The van der Waals surface area contributed by atoms with Gasteiger partial charge in [0.25, 0.3) is 5.78 Å². The van der Waals surface area contributed by atoms with Crippen molar-refractivity contribution in [2.24, 2.45) is 0 Å². The van der Waals surface area contributed by atoms with Crippen LogP contribution in [0, 0.1) is 0 Å². The lowest BCUT2D eigenvalue weighted by Crippen LogP contribution is -2.11. The zero-order valence-electron chi connectivity index (χ0n) is 5.20. The molecule has 0 radical (unpaired) electrons. The molecule has 3 nitrogen and oxygen atoms in total. The Kier molecular flexibility index (Phi) is 2.26. The van der Waals surface area contributed by atoms with Crippen LogP contribution in [0.1, 0.15) is 9.67 Å². The van der Waals surface area contributed by atoms with Gasteiger partial charge in [-0.05, 0) is 11.4 Å². The fraction of sp³-hybridized carbons (Fsp3) is 0. The second-order valence-corrected chi connectivity index (χ2v) is 3.06. The molecule has 0 aromatic carbocycles. The Morgan fingerprint density at radius 2 is 2.18 bits per heavy atom. The van der Waals surface area contributed by atoms with Crippen LogP contribution < -0.4 is 0 Å². The lowest BCUT2D eigenvalue weighted by Gasteiger charge is -1.88. The van der Waals surface area contributed by atoms with Crippen LogP contribution in [0.5, 0.6) is 0 Å². The SMILES string of the molecule is O=C(O)C(=O)c1sccc1Cl. The Hall–Kier alpha value is -0.870. The molecule has 1 rings (SSSR count). The van der Waals surface area contributed by atoms with Crippen molar-refractivity contribution in [1.82, 2.24) is 0 Å². The van der Waals surface area contributed by atoms with E-state index in [9.17, 15) is 9.59 Å². The van der Waals surface area contributed by atoms with Gasteiger partial charge in [0.2, 0.25) is 0 Å². The summed E-state index contributed by atoms with van der Waals surface area (Å²) in [6, 6.07) is 1.49. The van der Waals surface area contributed by atoms with Gasteiger partial charge >= 0.3 is 5.97 Å². The van der Waals surface area contributed by atoms with Crippen LogP contribution in [0.2, 0.25) is 5.02 Å². The summed E-state index contributed by atoms with van der Waals surface area (Å²) in [5, 5.41) is 10.0. The van der Waals surface area contributed by atoms with Crippen molar-refractivity contribution in [2.45, 2.75) is 0 Å². The highest BCUT2D eigenvalue weighted by atomic mass is 35.5. The summed E-state index contributed by atoms with van der Waals surface area (Å²) in [7, 11) is 0. The van der Waals surface area contributed by atoms with E-state index in [0.717, 1.165) is 11.3 Å². The predicted molar refractivity (Wildman–Crippen MR) is 41.3 cm³/mol. The molecule has 0 aliphatic heterocycles. The fourth-order valence-electron chi connectivity index (χ4n) is 0.553. The van der Waals surface area contributed by atoms with Gasteiger partial charge in [0.15, 0.2) is 0 Å². The molecular formula is C6H3ClO3S. The van der Waals surface area contributed by atoms with Gasteiger partial charge in [-0.15, -0.1) is 11.3 Å². The summed E-state index contributed by atoms with van der Waals surface area (Å²) >= 11 is 6.53. The standard InChI is InChI=1S/C6H3ClO3S/c7-3-1-2-11-5(3)4(8)6(9)10/h1-2H,(H,9,10). The van der Waals surface area contributed by atoms with Crippen LogP contribution >= 0.6 is 22.9 Å². The van der Waals surface area contributed by atoms with Gasteiger partial charge in [-0.1, -0.05) is 11.6 Å². The molecule has 1 aromatic rings. The molecule has 5 heteroatoms. The van der Waals surface area contributed by atoms with Crippen molar-refractivity contribution in [3.05, 3.63) is 21.3 Å². The van der Waals surface area contributed by atoms with Crippen LogP contribution in [0.25, 0.3) is 0 Å². The summed E-state index contributed by atoms with van der Waals surface area (Å²) in [5.74, 6) is -2.43. The van der Waals surface area contributed by atoms with E-state index < -0.39 is 11.8 Å². The molecule has 58 valence electrons. The maximum absolute atomic E-state index is 10.8. The largest absolute Gasteiger partial charge is 0.475 e. The van der Waals surface area contributed by atoms with Crippen LogP contribution in [-0.2, 0) is 4.79 Å². The summed E-state index contributed by atoms with van der Waals surface area (Å²) in [4.78, 5) is 21.0. The van der Waals surface area contributed by atoms with E-state index in [1.54, 1.807) is 5.38 Å². The summed E-state index contributed by atoms with van der Waals surface area (Å²) in [6.07, 6.45) is 0. The molecule has 1 heterocycles. The third kappa shape index (κ3) is 1.58. The maximum Gasteiger partial charge on any atom is 0.378 e. The second-order valence-electron chi connectivity index (χ2n) is 1.73. The molecule has 0 fully saturated rings. The zero-order valence-corrected chi connectivity index (χ0v) is 6.78. The highest BCUT2D eigenvalue weighted by molar-refractivity contribution is 7.13. The van der Waals surface area contributed by atoms with Crippen molar-refractivity contribution in [1.29, 1.82) is 0 Å². The second kappa shape index (κ2) is 3.02. The van der Waals surface area contributed by atoms with Crippen LogP contribution in [0.3, 0.4) is 0 Å². The Morgan fingerprint density at radius 3 is 2.55 bits per heavy atom. The van der Waals surface area contributed by atoms with E-state index in [1.165, 1.54) is 6.07 Å². The van der Waals surface area contributed by atoms with Gasteiger partial charge in [0, 0.05) is 0 Å². The van der Waals surface area contributed by atoms with E-state index in [1.807, 2.05) is 0 Å². The Balaban J connectivity index is 3.02. The van der Waals surface area contributed by atoms with Crippen LogP contribution in [-0.4, -0.2) is 16.9 Å². The fourth-order valence-corrected chi connectivity index (χ4v) is 1.63. The van der Waals surface area contributed by atoms with Crippen molar-refractivity contribution in [3.63, 3.8) is 0 Å². The average Bonchev–Trinajstić information content (AvgIpc) is 2.33. The molecule has 0 saturated heterocycles. The van der Waals surface area contributed by atoms with E-state index >= 15 is 0 Å². The highest BCUT2D eigenvalue weighted by Gasteiger charge is 2.18. The van der Waals surface area contributed by atoms with Gasteiger partial charge in [0.1, 0.15) is 4.88 Å². The van der Waals surface area contributed by atoms with E-state index in [0.29, 0.717) is 0 Å². The minimum atomic E-state index is -1.48. The minimum absolute atomic E-state index is 0.0826. The molecule has 0 unspecified atom stereocenters. The van der Waals surface area contributed by atoms with E-state index in [2.05, 4.69) is 0 Å². The third-order valence-electron chi connectivity index (χ3n) is 1.02. The van der Waals surface area contributed by atoms with Crippen molar-refractivity contribution in [2.75, 3.05) is 0 Å². The maximum atomic E-state index is 10.8. The first-order chi connectivity index (χ1) is 5.13. The summed E-state index contributed by atoms with van der Waals surface area (Å²) in [6.45, 7) is 0. The van der Waals surface area contributed by atoms with Crippen molar-refractivity contribution >= 4 is 34.7 Å². The number of carboxylic acids is 1. The molecule has 0 aliphatic rings. The Morgan fingerprint density at radius 1 is 1.55 bits per heavy atom. The van der Waals surface area contributed by atoms with Gasteiger partial charge in [-0.3, -0.25) is 4.79 Å². The Labute approximate surface area is 71.2 Å². The van der Waals surface area contributed by atoms with E-state index in [4.69, 9.17) is 16.7 Å². The van der Waals surface area contributed by atoms with Crippen molar-refractivity contribution < 1.29 is 14.7 Å². The van der Waals surface area contributed by atoms with Gasteiger partial charge in [0.05, 0.1) is 5.02 Å². The van der Waals surface area contributed by atoms with Crippen LogP contribution in [0.4, 0.5) is 0 Å². The summed E-state index contributed by atoms with van der Waals surface area (Å²) < 4.78 is 0. The molecule has 0 amide bonds. The molecule has 1 aromatic heterocycles. The topological polar surface area (TPSA) is 54.4 Å². The number of carbonyl (C=O) groups is 2. The minimum Gasteiger partial charge on any atom is -0.475 e. The summed E-state index contributed by atoms with van der Waals surface area (Å²) in [5.41, 5.74) is 0. The molecule has 0 saturated carbocycles. The normalized spacial score (nSPS) is 9.55. The first kappa shape index (κ1) is 8.23. The first-order valence-corrected chi connectivity index (χ1v) is 3.89. The lowest BCUT2D eigenvalue weighted by atomic mass is 10.3.